The first-order valence-corrected chi connectivity index (χ1v) is 7.88. The number of aryl methyl sites for hydroxylation is 1. The van der Waals surface area contributed by atoms with E-state index in [0.29, 0.717) is 22.0 Å². The second-order valence-corrected chi connectivity index (χ2v) is 5.85. The Labute approximate surface area is 145 Å². The summed E-state index contributed by atoms with van der Waals surface area (Å²) in [6.07, 6.45) is 3.19. The third-order valence-corrected chi connectivity index (χ3v) is 4.02. The standard InChI is InChI=1S/C20H16ClNO2/c1-13-6-8-18-16(10-13)11-15(20(21)22-18)7-9-19(23)14-4-3-5-17(12-14)24-2/h3-12H,1-2H3/b9-7+. The number of carbonyl (C=O) groups is 1. The van der Waals surface area contributed by atoms with Gasteiger partial charge in [-0.1, -0.05) is 35.4 Å². The van der Waals surface area contributed by atoms with Gasteiger partial charge in [0.05, 0.1) is 12.6 Å². The molecule has 0 saturated heterocycles. The Morgan fingerprint density at radius 2 is 2.00 bits per heavy atom. The van der Waals surface area contributed by atoms with E-state index in [2.05, 4.69) is 4.98 Å². The molecule has 0 N–H and O–H groups in total. The quantitative estimate of drug-likeness (QED) is 0.377. The number of methoxy groups -OCH3 is 1. The summed E-state index contributed by atoms with van der Waals surface area (Å²) in [5.74, 6) is 0.532. The molecule has 0 amide bonds. The molecule has 3 rings (SSSR count). The number of benzene rings is 2. The van der Waals surface area contributed by atoms with E-state index in [9.17, 15) is 4.79 Å². The number of ketones is 1. The first kappa shape index (κ1) is 16.2. The summed E-state index contributed by atoms with van der Waals surface area (Å²) < 4.78 is 5.14. The Bertz CT molecular complexity index is 948. The SMILES string of the molecule is COc1cccc(C(=O)/C=C/c2cc3cc(C)ccc3nc2Cl)c1. The van der Waals surface area contributed by atoms with E-state index < -0.39 is 0 Å². The minimum absolute atomic E-state index is 0.116. The third kappa shape index (κ3) is 3.47. The number of hydrogen-bond donors (Lipinski definition) is 0. The van der Waals surface area contributed by atoms with Gasteiger partial charge in [0.1, 0.15) is 10.9 Å². The number of fused-ring (bicyclic) bond motifs is 1. The van der Waals surface area contributed by atoms with Crippen molar-refractivity contribution in [3.63, 3.8) is 0 Å². The van der Waals surface area contributed by atoms with Crippen LogP contribution < -0.4 is 4.74 Å². The molecule has 0 spiro atoms. The van der Waals surface area contributed by atoms with Crippen LogP contribution in [0.5, 0.6) is 5.75 Å². The maximum Gasteiger partial charge on any atom is 0.185 e. The van der Waals surface area contributed by atoms with Crippen LogP contribution in [0.1, 0.15) is 21.5 Å². The zero-order chi connectivity index (χ0) is 17.1. The Morgan fingerprint density at radius 1 is 1.17 bits per heavy atom. The van der Waals surface area contributed by atoms with Crippen LogP contribution in [0.25, 0.3) is 17.0 Å². The molecule has 0 atom stereocenters. The molecule has 0 radical (unpaired) electrons. The predicted molar refractivity (Wildman–Crippen MR) is 97.8 cm³/mol. The van der Waals surface area contributed by atoms with Crippen molar-refractivity contribution in [1.82, 2.24) is 4.98 Å². The maximum atomic E-state index is 12.3. The molecule has 0 saturated carbocycles. The van der Waals surface area contributed by atoms with E-state index in [1.54, 1.807) is 37.5 Å². The molecule has 0 aliphatic carbocycles. The number of nitrogens with zero attached hydrogens (tertiary/aromatic N) is 1. The molecule has 1 heterocycles. The van der Waals surface area contributed by atoms with Crippen LogP contribution >= 0.6 is 11.6 Å². The van der Waals surface area contributed by atoms with Crippen molar-refractivity contribution < 1.29 is 9.53 Å². The first-order valence-electron chi connectivity index (χ1n) is 7.50. The van der Waals surface area contributed by atoms with Crippen LogP contribution in [0.4, 0.5) is 0 Å². The van der Waals surface area contributed by atoms with Crippen molar-refractivity contribution in [2.45, 2.75) is 6.92 Å². The Balaban J connectivity index is 1.91. The maximum absolute atomic E-state index is 12.3. The van der Waals surface area contributed by atoms with Crippen molar-refractivity contribution in [1.29, 1.82) is 0 Å². The molecule has 2 aromatic carbocycles. The van der Waals surface area contributed by atoms with Crippen LogP contribution in [-0.4, -0.2) is 17.9 Å². The molecule has 120 valence electrons. The zero-order valence-electron chi connectivity index (χ0n) is 13.4. The van der Waals surface area contributed by atoms with E-state index in [1.165, 1.54) is 6.08 Å². The lowest BCUT2D eigenvalue weighted by molar-refractivity contribution is 0.104. The van der Waals surface area contributed by atoms with E-state index in [0.717, 1.165) is 16.5 Å². The summed E-state index contributed by atoms with van der Waals surface area (Å²) in [5.41, 5.74) is 3.26. The molecule has 24 heavy (non-hydrogen) atoms. The van der Waals surface area contributed by atoms with Gasteiger partial charge in [-0.05, 0) is 49.4 Å². The lowest BCUT2D eigenvalue weighted by Gasteiger charge is -2.04. The van der Waals surface area contributed by atoms with Gasteiger partial charge in [0.2, 0.25) is 0 Å². The average Bonchev–Trinajstić information content (AvgIpc) is 2.60. The summed E-state index contributed by atoms with van der Waals surface area (Å²) in [6, 6.07) is 14.9. The molecule has 0 fully saturated rings. The number of aromatic nitrogens is 1. The van der Waals surface area contributed by atoms with Crippen molar-refractivity contribution in [3.8, 4) is 5.75 Å². The minimum Gasteiger partial charge on any atom is -0.497 e. The van der Waals surface area contributed by atoms with Gasteiger partial charge in [-0.25, -0.2) is 4.98 Å². The fourth-order valence-electron chi connectivity index (χ4n) is 2.44. The van der Waals surface area contributed by atoms with Crippen molar-refractivity contribution in [2.75, 3.05) is 7.11 Å². The summed E-state index contributed by atoms with van der Waals surface area (Å²) in [5, 5.41) is 1.37. The predicted octanol–water partition coefficient (Wildman–Crippen LogP) is 5.10. The largest absolute Gasteiger partial charge is 0.497 e. The highest BCUT2D eigenvalue weighted by molar-refractivity contribution is 6.31. The van der Waals surface area contributed by atoms with Crippen molar-refractivity contribution in [3.05, 3.63) is 76.5 Å². The zero-order valence-corrected chi connectivity index (χ0v) is 14.2. The Morgan fingerprint density at radius 3 is 2.79 bits per heavy atom. The molecule has 0 aliphatic rings. The first-order chi connectivity index (χ1) is 11.6. The summed E-state index contributed by atoms with van der Waals surface area (Å²) in [6.45, 7) is 2.02. The van der Waals surface area contributed by atoms with Crippen LogP contribution in [0.15, 0.2) is 54.6 Å². The number of hydrogen-bond acceptors (Lipinski definition) is 3. The molecule has 0 aliphatic heterocycles. The van der Waals surface area contributed by atoms with E-state index in [-0.39, 0.29) is 5.78 Å². The second kappa shape index (κ2) is 6.85. The molecular weight excluding hydrogens is 322 g/mol. The number of allylic oxidation sites excluding steroid dienone is 1. The molecule has 3 aromatic rings. The summed E-state index contributed by atoms with van der Waals surface area (Å²) in [7, 11) is 1.57. The highest BCUT2D eigenvalue weighted by Gasteiger charge is 2.06. The van der Waals surface area contributed by atoms with E-state index in [1.807, 2.05) is 31.2 Å². The van der Waals surface area contributed by atoms with Crippen LogP contribution in [-0.2, 0) is 0 Å². The smallest absolute Gasteiger partial charge is 0.185 e. The van der Waals surface area contributed by atoms with E-state index >= 15 is 0 Å². The van der Waals surface area contributed by atoms with Gasteiger partial charge >= 0.3 is 0 Å². The van der Waals surface area contributed by atoms with Crippen LogP contribution in [0, 0.1) is 6.92 Å². The lowest BCUT2D eigenvalue weighted by atomic mass is 10.1. The van der Waals surface area contributed by atoms with E-state index in [4.69, 9.17) is 16.3 Å². The number of pyridine rings is 1. The number of halogens is 1. The van der Waals surface area contributed by atoms with Crippen LogP contribution in [0.2, 0.25) is 5.15 Å². The van der Waals surface area contributed by atoms with Crippen LogP contribution in [0.3, 0.4) is 0 Å². The van der Waals surface area contributed by atoms with Gasteiger partial charge in [0.25, 0.3) is 0 Å². The summed E-state index contributed by atoms with van der Waals surface area (Å²) in [4.78, 5) is 16.7. The highest BCUT2D eigenvalue weighted by atomic mass is 35.5. The fourth-order valence-corrected chi connectivity index (χ4v) is 2.65. The molecule has 3 nitrogen and oxygen atoms in total. The van der Waals surface area contributed by atoms with Crippen molar-refractivity contribution in [2.24, 2.45) is 0 Å². The topological polar surface area (TPSA) is 39.2 Å². The number of ether oxygens (including phenoxy) is 1. The van der Waals surface area contributed by atoms with Gasteiger partial charge in [0, 0.05) is 16.5 Å². The highest BCUT2D eigenvalue weighted by Crippen LogP contribution is 2.23. The summed E-state index contributed by atoms with van der Waals surface area (Å²) >= 11 is 6.23. The monoisotopic (exact) mass is 337 g/mol. The molecule has 1 aromatic heterocycles. The number of rotatable bonds is 4. The van der Waals surface area contributed by atoms with Gasteiger partial charge in [-0.3, -0.25) is 4.79 Å². The number of carbonyl (C=O) groups excluding carboxylic acids is 1. The van der Waals surface area contributed by atoms with Gasteiger partial charge in [-0.2, -0.15) is 0 Å². The molecule has 0 unspecified atom stereocenters. The molecular formula is C20H16ClNO2. The van der Waals surface area contributed by atoms with Gasteiger partial charge in [0.15, 0.2) is 5.78 Å². The minimum atomic E-state index is -0.116. The Kier molecular flexibility index (Phi) is 4.63. The Hall–Kier alpha value is -2.65. The average molecular weight is 338 g/mol. The lowest BCUT2D eigenvalue weighted by Crippen LogP contribution is -1.95. The fraction of sp³-hybridized carbons (Fsp3) is 0.100. The van der Waals surface area contributed by atoms with Gasteiger partial charge in [-0.15, -0.1) is 0 Å². The van der Waals surface area contributed by atoms with Crippen molar-refractivity contribution >= 4 is 34.4 Å². The molecule has 4 heteroatoms. The second-order valence-electron chi connectivity index (χ2n) is 5.49. The normalized spacial score (nSPS) is 11.1. The third-order valence-electron chi connectivity index (χ3n) is 3.72. The van der Waals surface area contributed by atoms with Gasteiger partial charge < -0.3 is 4.74 Å². The molecule has 0 bridgehead atoms.